The van der Waals surface area contributed by atoms with Crippen LogP contribution in [0.25, 0.3) is 0 Å². The fourth-order valence-electron chi connectivity index (χ4n) is 5.23. The molecule has 188 valence electrons. The van der Waals surface area contributed by atoms with Gasteiger partial charge in [0.15, 0.2) is 0 Å². The van der Waals surface area contributed by atoms with Crippen LogP contribution in [0.2, 0.25) is 0 Å². The smallest absolute Gasteiger partial charge is 0.263 e. The molecule has 36 heavy (non-hydrogen) atoms. The second-order valence-electron chi connectivity index (χ2n) is 9.56. The molecule has 4 heterocycles. The topological polar surface area (TPSA) is 87.5 Å². The maximum absolute atomic E-state index is 13.4. The Hall–Kier alpha value is -3.46. The Labute approximate surface area is 214 Å². The first-order chi connectivity index (χ1) is 17.4. The Morgan fingerprint density at radius 2 is 1.94 bits per heavy atom. The third-order valence-electron chi connectivity index (χ3n) is 7.24. The largest absolute Gasteiger partial charge is 0.371 e. The van der Waals surface area contributed by atoms with Gasteiger partial charge in [0.2, 0.25) is 5.91 Å². The molecule has 9 heteroatoms. The number of piperidine rings is 1. The van der Waals surface area contributed by atoms with Crippen LogP contribution in [0.5, 0.6) is 0 Å². The van der Waals surface area contributed by atoms with E-state index in [1.54, 1.807) is 22.1 Å². The molecule has 1 saturated heterocycles. The molecule has 0 saturated carbocycles. The SMILES string of the molecule is CCC(NC(=O)C1CCN(c2cccc3c2C(=O)N(Cc2cn(C)nc2C)C3=O)CC1)c1cccs1. The highest BCUT2D eigenvalue weighted by Gasteiger charge is 2.39. The van der Waals surface area contributed by atoms with Crippen molar-refractivity contribution < 1.29 is 14.4 Å². The lowest BCUT2D eigenvalue weighted by molar-refractivity contribution is -0.126. The van der Waals surface area contributed by atoms with Gasteiger partial charge in [-0.3, -0.25) is 24.0 Å². The predicted molar refractivity (Wildman–Crippen MR) is 139 cm³/mol. The quantitative estimate of drug-likeness (QED) is 0.489. The molecule has 5 rings (SSSR count). The molecule has 0 radical (unpaired) electrons. The van der Waals surface area contributed by atoms with Crippen LogP contribution in [0, 0.1) is 12.8 Å². The molecule has 8 nitrogen and oxygen atoms in total. The first kappa shape index (κ1) is 24.2. The van der Waals surface area contributed by atoms with Crippen LogP contribution in [-0.4, -0.2) is 45.5 Å². The van der Waals surface area contributed by atoms with Gasteiger partial charge in [-0.25, -0.2) is 0 Å². The van der Waals surface area contributed by atoms with E-state index in [1.165, 1.54) is 9.78 Å². The fourth-order valence-corrected chi connectivity index (χ4v) is 6.09. The van der Waals surface area contributed by atoms with Crippen molar-refractivity contribution in [2.24, 2.45) is 13.0 Å². The lowest BCUT2D eigenvalue weighted by Gasteiger charge is -2.34. The second-order valence-corrected chi connectivity index (χ2v) is 10.5. The molecule has 1 fully saturated rings. The summed E-state index contributed by atoms with van der Waals surface area (Å²) in [6.07, 6.45) is 4.11. The second kappa shape index (κ2) is 9.89. The number of aromatic nitrogens is 2. The van der Waals surface area contributed by atoms with E-state index in [9.17, 15) is 14.4 Å². The molecule has 1 unspecified atom stereocenters. The molecular weight excluding hydrogens is 474 g/mol. The first-order valence-electron chi connectivity index (χ1n) is 12.4. The van der Waals surface area contributed by atoms with Crippen LogP contribution < -0.4 is 10.2 Å². The molecule has 2 aliphatic heterocycles. The lowest BCUT2D eigenvalue weighted by atomic mass is 9.94. The third kappa shape index (κ3) is 4.43. The number of carbonyl (C=O) groups excluding carboxylic acids is 3. The van der Waals surface area contributed by atoms with Gasteiger partial charge in [-0.05, 0) is 49.8 Å². The average Bonchev–Trinajstić information content (AvgIpc) is 3.58. The van der Waals surface area contributed by atoms with E-state index in [0.29, 0.717) is 37.1 Å². The number of anilines is 1. The van der Waals surface area contributed by atoms with Crippen LogP contribution >= 0.6 is 11.3 Å². The zero-order valence-electron chi connectivity index (χ0n) is 20.9. The van der Waals surface area contributed by atoms with Crippen LogP contribution in [0.1, 0.15) is 69.1 Å². The number of hydrogen-bond acceptors (Lipinski definition) is 6. The monoisotopic (exact) mass is 505 g/mol. The Morgan fingerprint density at radius 3 is 2.58 bits per heavy atom. The van der Waals surface area contributed by atoms with Gasteiger partial charge in [0.1, 0.15) is 0 Å². The molecule has 2 aliphatic rings. The fraction of sp³-hybridized carbons (Fsp3) is 0.407. The highest BCUT2D eigenvalue weighted by Crippen LogP contribution is 2.35. The van der Waals surface area contributed by atoms with Crippen LogP contribution in [0.4, 0.5) is 5.69 Å². The third-order valence-corrected chi connectivity index (χ3v) is 8.22. The number of thiophene rings is 1. The van der Waals surface area contributed by atoms with Crippen molar-refractivity contribution in [2.75, 3.05) is 18.0 Å². The molecule has 0 aliphatic carbocycles. The summed E-state index contributed by atoms with van der Waals surface area (Å²) in [4.78, 5) is 44.2. The summed E-state index contributed by atoms with van der Waals surface area (Å²) in [5, 5.41) is 9.59. The molecule has 0 spiro atoms. The van der Waals surface area contributed by atoms with Gasteiger partial charge in [-0.2, -0.15) is 5.10 Å². The minimum Gasteiger partial charge on any atom is -0.371 e. The van der Waals surface area contributed by atoms with Crippen LogP contribution in [0.15, 0.2) is 41.9 Å². The summed E-state index contributed by atoms with van der Waals surface area (Å²) in [5.41, 5.74) is 3.35. The Balaban J connectivity index is 1.27. The maximum Gasteiger partial charge on any atom is 0.263 e. The number of benzene rings is 1. The number of nitrogens with zero attached hydrogens (tertiary/aromatic N) is 4. The van der Waals surface area contributed by atoms with E-state index in [1.807, 2.05) is 43.7 Å². The number of amides is 3. The van der Waals surface area contributed by atoms with Gasteiger partial charge in [0.25, 0.3) is 11.8 Å². The van der Waals surface area contributed by atoms with Crippen LogP contribution in [0.3, 0.4) is 0 Å². The van der Waals surface area contributed by atoms with E-state index in [0.717, 1.165) is 23.4 Å². The molecule has 3 aromatic rings. The summed E-state index contributed by atoms with van der Waals surface area (Å²) in [7, 11) is 1.82. The Bertz CT molecular complexity index is 1290. The highest BCUT2D eigenvalue weighted by molar-refractivity contribution is 7.10. The van der Waals surface area contributed by atoms with Crippen molar-refractivity contribution >= 4 is 34.7 Å². The lowest BCUT2D eigenvalue weighted by Crippen LogP contribution is -2.42. The van der Waals surface area contributed by atoms with Gasteiger partial charge in [-0.15, -0.1) is 11.3 Å². The maximum atomic E-state index is 13.4. The van der Waals surface area contributed by atoms with Gasteiger partial charge in [-0.1, -0.05) is 19.1 Å². The number of fused-ring (bicyclic) bond motifs is 1. The molecule has 1 N–H and O–H groups in total. The normalized spacial score (nSPS) is 17.0. The number of rotatable bonds is 7. The van der Waals surface area contributed by atoms with Gasteiger partial charge >= 0.3 is 0 Å². The molecular formula is C27H31N5O3S. The Morgan fingerprint density at radius 1 is 1.17 bits per heavy atom. The zero-order chi connectivity index (χ0) is 25.4. The van der Waals surface area contributed by atoms with Crippen molar-refractivity contribution in [1.29, 1.82) is 0 Å². The average molecular weight is 506 g/mol. The number of aryl methyl sites for hydroxylation is 2. The molecule has 2 aromatic heterocycles. The number of imide groups is 1. The number of nitrogens with one attached hydrogen (secondary N) is 1. The summed E-state index contributed by atoms with van der Waals surface area (Å²) in [5.74, 6) is -0.504. The van der Waals surface area contributed by atoms with Crippen molar-refractivity contribution in [2.45, 2.75) is 45.7 Å². The summed E-state index contributed by atoms with van der Waals surface area (Å²) in [6, 6.07) is 9.60. The summed E-state index contributed by atoms with van der Waals surface area (Å²) < 4.78 is 1.69. The van der Waals surface area contributed by atoms with E-state index in [-0.39, 0.29) is 36.2 Å². The summed E-state index contributed by atoms with van der Waals surface area (Å²) in [6.45, 7) is 5.49. The van der Waals surface area contributed by atoms with Crippen LogP contribution in [-0.2, 0) is 18.4 Å². The van der Waals surface area contributed by atoms with Gasteiger partial charge in [0, 0.05) is 42.7 Å². The van der Waals surface area contributed by atoms with E-state index in [2.05, 4.69) is 28.3 Å². The zero-order valence-corrected chi connectivity index (χ0v) is 21.7. The van der Waals surface area contributed by atoms with E-state index >= 15 is 0 Å². The number of carbonyl (C=O) groups is 3. The first-order valence-corrected chi connectivity index (χ1v) is 13.3. The molecule has 1 aromatic carbocycles. The summed E-state index contributed by atoms with van der Waals surface area (Å²) >= 11 is 1.66. The number of hydrogen-bond donors (Lipinski definition) is 1. The molecule has 3 amide bonds. The van der Waals surface area contributed by atoms with E-state index < -0.39 is 0 Å². The van der Waals surface area contributed by atoms with Gasteiger partial charge < -0.3 is 10.2 Å². The van der Waals surface area contributed by atoms with Crippen molar-refractivity contribution in [3.63, 3.8) is 0 Å². The Kier molecular flexibility index (Phi) is 6.66. The standard InChI is InChI=1S/C27H31N5O3S/c1-4-21(23-9-6-14-36-23)28-25(33)18-10-12-31(13-11-18)22-8-5-7-20-24(22)27(35)32(26(20)34)16-19-15-30(3)29-17(19)2/h5-9,14-15,18,21H,4,10-13,16H2,1-3H3,(H,28,33). The van der Waals surface area contributed by atoms with Crippen molar-refractivity contribution in [1.82, 2.24) is 20.0 Å². The van der Waals surface area contributed by atoms with E-state index in [4.69, 9.17) is 0 Å². The molecule has 1 atom stereocenters. The van der Waals surface area contributed by atoms with Crippen molar-refractivity contribution in [3.8, 4) is 0 Å². The molecule has 0 bridgehead atoms. The highest BCUT2D eigenvalue weighted by atomic mass is 32.1. The minimum absolute atomic E-state index is 0.0472. The predicted octanol–water partition coefficient (Wildman–Crippen LogP) is 4.07. The minimum atomic E-state index is -0.270. The van der Waals surface area contributed by atoms with Gasteiger partial charge in [0.05, 0.1) is 35.1 Å². The van der Waals surface area contributed by atoms with Crippen molar-refractivity contribution in [3.05, 3.63) is 69.2 Å².